The highest BCUT2D eigenvalue weighted by Gasteiger charge is 2.05. The lowest BCUT2D eigenvalue weighted by atomic mass is 10.1. The third-order valence-electron chi connectivity index (χ3n) is 2.28. The quantitative estimate of drug-likeness (QED) is 0.666. The molecule has 2 nitrogen and oxygen atoms in total. The van der Waals surface area contributed by atoms with E-state index < -0.39 is 0 Å². The first kappa shape index (κ1) is 9.00. The molecule has 0 aliphatic heterocycles. The standard InChI is InChI=1S/C12H12O2/c1-9(13)14-8-10-5-6-11-3-2-4-12(11)7-10/h2-3,5-7H,4,8H2,1H3. The van der Waals surface area contributed by atoms with Crippen LogP contribution in [-0.2, 0) is 22.6 Å². The second-order valence-corrected chi connectivity index (χ2v) is 3.42. The second kappa shape index (κ2) is 3.66. The van der Waals surface area contributed by atoms with Crippen molar-refractivity contribution in [2.24, 2.45) is 0 Å². The van der Waals surface area contributed by atoms with E-state index in [1.807, 2.05) is 6.07 Å². The smallest absolute Gasteiger partial charge is 0.302 e. The maximum Gasteiger partial charge on any atom is 0.302 e. The fraction of sp³-hybridized carbons (Fsp3) is 0.250. The molecule has 14 heavy (non-hydrogen) atoms. The lowest BCUT2D eigenvalue weighted by Gasteiger charge is -2.04. The summed E-state index contributed by atoms with van der Waals surface area (Å²) in [5, 5.41) is 0. The van der Waals surface area contributed by atoms with Crippen LogP contribution in [0.3, 0.4) is 0 Å². The van der Waals surface area contributed by atoms with Gasteiger partial charge in [0.25, 0.3) is 0 Å². The zero-order valence-electron chi connectivity index (χ0n) is 8.12. The Morgan fingerprint density at radius 1 is 1.50 bits per heavy atom. The van der Waals surface area contributed by atoms with Gasteiger partial charge in [0, 0.05) is 6.92 Å². The van der Waals surface area contributed by atoms with Gasteiger partial charge in [-0.15, -0.1) is 0 Å². The number of carbonyl (C=O) groups is 1. The molecule has 2 rings (SSSR count). The van der Waals surface area contributed by atoms with E-state index in [0.29, 0.717) is 6.61 Å². The highest BCUT2D eigenvalue weighted by atomic mass is 16.5. The van der Waals surface area contributed by atoms with E-state index in [2.05, 4.69) is 24.3 Å². The molecule has 1 aromatic carbocycles. The van der Waals surface area contributed by atoms with Crippen molar-refractivity contribution in [2.75, 3.05) is 0 Å². The Balaban J connectivity index is 2.10. The molecule has 0 amide bonds. The van der Waals surface area contributed by atoms with Gasteiger partial charge in [-0.25, -0.2) is 0 Å². The fourth-order valence-corrected chi connectivity index (χ4v) is 1.59. The molecular weight excluding hydrogens is 176 g/mol. The molecule has 0 heterocycles. The van der Waals surface area contributed by atoms with Crippen LogP contribution in [0.15, 0.2) is 24.3 Å². The van der Waals surface area contributed by atoms with Crippen LogP contribution in [0.2, 0.25) is 0 Å². The van der Waals surface area contributed by atoms with Crippen molar-refractivity contribution >= 4 is 12.0 Å². The van der Waals surface area contributed by atoms with Crippen LogP contribution in [0.25, 0.3) is 6.08 Å². The van der Waals surface area contributed by atoms with Crippen molar-refractivity contribution < 1.29 is 9.53 Å². The van der Waals surface area contributed by atoms with Gasteiger partial charge in [0.1, 0.15) is 6.61 Å². The Morgan fingerprint density at radius 3 is 3.14 bits per heavy atom. The number of esters is 1. The predicted molar refractivity (Wildman–Crippen MR) is 54.7 cm³/mol. The second-order valence-electron chi connectivity index (χ2n) is 3.42. The third-order valence-corrected chi connectivity index (χ3v) is 2.28. The first-order valence-corrected chi connectivity index (χ1v) is 4.67. The summed E-state index contributed by atoms with van der Waals surface area (Å²) in [7, 11) is 0. The largest absolute Gasteiger partial charge is 0.461 e. The molecule has 0 radical (unpaired) electrons. The summed E-state index contributed by atoms with van der Waals surface area (Å²) in [4.78, 5) is 10.6. The first-order valence-electron chi connectivity index (χ1n) is 4.67. The Bertz CT molecular complexity index is 391. The number of fused-ring (bicyclic) bond motifs is 1. The van der Waals surface area contributed by atoms with Gasteiger partial charge >= 0.3 is 5.97 Å². The van der Waals surface area contributed by atoms with Crippen LogP contribution < -0.4 is 0 Å². The molecule has 0 aromatic heterocycles. The highest BCUT2D eigenvalue weighted by Crippen LogP contribution is 2.20. The minimum Gasteiger partial charge on any atom is -0.461 e. The van der Waals surface area contributed by atoms with Crippen molar-refractivity contribution in [3.63, 3.8) is 0 Å². The SMILES string of the molecule is CC(=O)OCc1ccc2c(c1)CC=C2. The minimum absolute atomic E-state index is 0.233. The molecule has 0 saturated heterocycles. The molecule has 0 N–H and O–H groups in total. The van der Waals surface area contributed by atoms with E-state index in [4.69, 9.17) is 4.74 Å². The molecular formula is C12H12O2. The summed E-state index contributed by atoms with van der Waals surface area (Å²) < 4.78 is 4.93. The van der Waals surface area contributed by atoms with Crippen LogP contribution in [0.1, 0.15) is 23.6 Å². The Morgan fingerprint density at radius 2 is 2.36 bits per heavy atom. The average molecular weight is 188 g/mol. The van der Waals surface area contributed by atoms with E-state index in [1.54, 1.807) is 0 Å². The molecule has 72 valence electrons. The normalized spacial score (nSPS) is 12.6. The van der Waals surface area contributed by atoms with Gasteiger partial charge in [-0.1, -0.05) is 30.4 Å². The summed E-state index contributed by atoms with van der Waals surface area (Å²) in [6.45, 7) is 1.80. The molecule has 0 spiro atoms. The lowest BCUT2D eigenvalue weighted by molar-refractivity contribution is -0.142. The maximum atomic E-state index is 10.6. The number of carbonyl (C=O) groups excluding carboxylic acids is 1. The Hall–Kier alpha value is -1.57. The molecule has 0 saturated carbocycles. The Kier molecular flexibility index (Phi) is 2.35. The summed E-state index contributed by atoms with van der Waals surface area (Å²) in [5.74, 6) is -0.233. The van der Waals surface area contributed by atoms with Crippen molar-refractivity contribution in [2.45, 2.75) is 20.0 Å². The molecule has 2 heteroatoms. The van der Waals surface area contributed by atoms with Gasteiger partial charge in [0.2, 0.25) is 0 Å². The summed E-state index contributed by atoms with van der Waals surface area (Å²) >= 11 is 0. The van der Waals surface area contributed by atoms with Crippen molar-refractivity contribution in [3.8, 4) is 0 Å². The number of rotatable bonds is 2. The third kappa shape index (κ3) is 1.84. The lowest BCUT2D eigenvalue weighted by Crippen LogP contribution is -1.99. The van der Waals surface area contributed by atoms with Crippen molar-refractivity contribution in [3.05, 3.63) is 41.0 Å². The average Bonchev–Trinajstić information content (AvgIpc) is 2.61. The highest BCUT2D eigenvalue weighted by molar-refractivity contribution is 5.66. The van der Waals surface area contributed by atoms with Crippen molar-refractivity contribution in [1.82, 2.24) is 0 Å². The predicted octanol–water partition coefficient (Wildman–Crippen LogP) is 2.32. The van der Waals surface area contributed by atoms with Gasteiger partial charge in [-0.3, -0.25) is 4.79 Å². The van der Waals surface area contributed by atoms with Crippen LogP contribution in [0.4, 0.5) is 0 Å². The van der Waals surface area contributed by atoms with E-state index in [9.17, 15) is 4.79 Å². The number of ether oxygens (including phenoxy) is 1. The van der Waals surface area contributed by atoms with Gasteiger partial charge in [0.05, 0.1) is 0 Å². The molecule has 1 aliphatic carbocycles. The number of allylic oxidation sites excluding steroid dienone is 1. The molecule has 0 atom stereocenters. The molecule has 1 aromatic rings. The topological polar surface area (TPSA) is 26.3 Å². The van der Waals surface area contributed by atoms with Crippen LogP contribution in [0, 0.1) is 0 Å². The first-order chi connectivity index (χ1) is 6.75. The summed E-state index contributed by atoms with van der Waals surface area (Å²) in [5.41, 5.74) is 3.65. The number of hydrogen-bond acceptors (Lipinski definition) is 2. The number of benzene rings is 1. The zero-order valence-corrected chi connectivity index (χ0v) is 8.12. The van der Waals surface area contributed by atoms with Gasteiger partial charge in [-0.2, -0.15) is 0 Å². The molecule has 0 unspecified atom stereocenters. The van der Waals surface area contributed by atoms with E-state index in [-0.39, 0.29) is 5.97 Å². The Labute approximate surface area is 83.2 Å². The summed E-state index contributed by atoms with van der Waals surface area (Å²) in [6, 6.07) is 6.16. The van der Waals surface area contributed by atoms with E-state index in [1.165, 1.54) is 18.1 Å². The summed E-state index contributed by atoms with van der Waals surface area (Å²) in [6.07, 6.45) is 5.24. The zero-order chi connectivity index (χ0) is 9.97. The van der Waals surface area contributed by atoms with Gasteiger partial charge < -0.3 is 4.74 Å². The van der Waals surface area contributed by atoms with Crippen LogP contribution >= 0.6 is 0 Å². The number of hydrogen-bond donors (Lipinski definition) is 0. The molecule has 0 fully saturated rings. The van der Waals surface area contributed by atoms with Gasteiger partial charge in [-0.05, 0) is 23.1 Å². The molecule has 0 bridgehead atoms. The maximum absolute atomic E-state index is 10.6. The van der Waals surface area contributed by atoms with Crippen LogP contribution in [0.5, 0.6) is 0 Å². The molecule has 1 aliphatic rings. The fourth-order valence-electron chi connectivity index (χ4n) is 1.59. The van der Waals surface area contributed by atoms with E-state index >= 15 is 0 Å². The van der Waals surface area contributed by atoms with E-state index in [0.717, 1.165) is 12.0 Å². The van der Waals surface area contributed by atoms with Crippen LogP contribution in [-0.4, -0.2) is 5.97 Å². The minimum atomic E-state index is -0.233. The monoisotopic (exact) mass is 188 g/mol. The van der Waals surface area contributed by atoms with Crippen molar-refractivity contribution in [1.29, 1.82) is 0 Å². The van der Waals surface area contributed by atoms with Gasteiger partial charge in [0.15, 0.2) is 0 Å².